The van der Waals surface area contributed by atoms with E-state index in [1.54, 1.807) is 0 Å². The summed E-state index contributed by atoms with van der Waals surface area (Å²) >= 11 is 0. The monoisotopic (exact) mass is 285 g/mol. The van der Waals surface area contributed by atoms with Crippen molar-refractivity contribution in [3.05, 3.63) is 18.3 Å². The van der Waals surface area contributed by atoms with Gasteiger partial charge in [0.05, 0.1) is 12.8 Å². The maximum Gasteiger partial charge on any atom is 0.239 e. The van der Waals surface area contributed by atoms with Crippen LogP contribution in [-0.4, -0.2) is 44.5 Å². The maximum absolute atomic E-state index is 11.1. The highest BCUT2D eigenvalue weighted by Crippen LogP contribution is 2.18. The normalized spacial score (nSPS) is 20.6. The van der Waals surface area contributed by atoms with Crippen LogP contribution in [0.4, 0.5) is 0 Å². The number of nitrogens with zero attached hydrogens (tertiary/aromatic N) is 2. The van der Waals surface area contributed by atoms with Crippen LogP contribution in [0.5, 0.6) is 5.88 Å². The van der Waals surface area contributed by atoms with E-state index in [1.807, 2.05) is 0 Å². The van der Waals surface area contributed by atoms with Crippen LogP contribution in [0, 0.1) is 0 Å². The Balaban J connectivity index is 1.83. The second kappa shape index (κ2) is 5.85. The number of rotatable bonds is 5. The standard InChI is InChI=1S/C12H19N3O3S/c1-15-7-2-3-10(15)6-8-18-12-5-4-11(9-14-12)19(13,16)17/h4-5,9-10H,2-3,6-8H2,1H3,(H2,13,16,17). The first-order chi connectivity index (χ1) is 8.97. The third-order valence-corrected chi connectivity index (χ3v) is 4.31. The molecule has 19 heavy (non-hydrogen) atoms. The van der Waals surface area contributed by atoms with Crippen molar-refractivity contribution in [1.29, 1.82) is 0 Å². The summed E-state index contributed by atoms with van der Waals surface area (Å²) in [5.74, 6) is 0.424. The van der Waals surface area contributed by atoms with Gasteiger partial charge in [-0.05, 0) is 38.9 Å². The Morgan fingerprint density at radius 3 is 2.84 bits per heavy atom. The van der Waals surface area contributed by atoms with Gasteiger partial charge in [-0.25, -0.2) is 18.5 Å². The minimum Gasteiger partial charge on any atom is -0.478 e. The van der Waals surface area contributed by atoms with Crippen molar-refractivity contribution in [3.63, 3.8) is 0 Å². The first-order valence-electron chi connectivity index (χ1n) is 6.29. The average molecular weight is 285 g/mol. The molecule has 1 saturated heterocycles. The first kappa shape index (κ1) is 14.2. The van der Waals surface area contributed by atoms with Crippen molar-refractivity contribution < 1.29 is 13.2 Å². The molecule has 0 amide bonds. The summed E-state index contributed by atoms with van der Waals surface area (Å²) < 4.78 is 27.6. The van der Waals surface area contributed by atoms with Crippen LogP contribution < -0.4 is 9.88 Å². The third kappa shape index (κ3) is 3.89. The molecule has 7 heteroatoms. The Hall–Kier alpha value is -1.18. The van der Waals surface area contributed by atoms with Crippen molar-refractivity contribution in [2.75, 3.05) is 20.2 Å². The molecule has 1 aromatic rings. The predicted molar refractivity (Wildman–Crippen MR) is 71.4 cm³/mol. The van der Waals surface area contributed by atoms with Gasteiger partial charge in [0.1, 0.15) is 4.90 Å². The average Bonchev–Trinajstić information content (AvgIpc) is 2.75. The third-order valence-electron chi connectivity index (χ3n) is 3.41. The first-order valence-corrected chi connectivity index (χ1v) is 7.83. The second-order valence-electron chi connectivity index (χ2n) is 4.79. The van der Waals surface area contributed by atoms with Crippen molar-refractivity contribution in [3.8, 4) is 5.88 Å². The molecule has 1 fully saturated rings. The fourth-order valence-corrected chi connectivity index (χ4v) is 2.72. The van der Waals surface area contributed by atoms with E-state index in [2.05, 4.69) is 16.9 Å². The predicted octanol–water partition coefficient (Wildman–Crippen LogP) is 0.592. The van der Waals surface area contributed by atoms with E-state index in [1.165, 1.54) is 31.2 Å². The molecule has 1 unspecified atom stereocenters. The number of hydrogen-bond acceptors (Lipinski definition) is 5. The molecule has 0 aromatic carbocycles. The van der Waals surface area contributed by atoms with Gasteiger partial charge in [-0.2, -0.15) is 0 Å². The Kier molecular flexibility index (Phi) is 4.38. The van der Waals surface area contributed by atoms with E-state index in [-0.39, 0.29) is 4.90 Å². The zero-order valence-electron chi connectivity index (χ0n) is 10.9. The molecule has 6 nitrogen and oxygen atoms in total. The number of hydrogen-bond donors (Lipinski definition) is 1. The van der Waals surface area contributed by atoms with E-state index in [0.717, 1.165) is 13.0 Å². The van der Waals surface area contributed by atoms with Gasteiger partial charge in [0.25, 0.3) is 0 Å². The molecule has 0 aliphatic carbocycles. The van der Waals surface area contributed by atoms with Crippen molar-refractivity contribution in [2.24, 2.45) is 5.14 Å². The zero-order valence-corrected chi connectivity index (χ0v) is 11.8. The Bertz CT molecular complexity index is 516. The second-order valence-corrected chi connectivity index (χ2v) is 6.35. The van der Waals surface area contributed by atoms with Crippen LogP contribution in [0.2, 0.25) is 0 Å². The number of sulfonamides is 1. The number of pyridine rings is 1. The smallest absolute Gasteiger partial charge is 0.239 e. The lowest BCUT2D eigenvalue weighted by Gasteiger charge is -2.18. The molecule has 2 heterocycles. The number of ether oxygens (including phenoxy) is 1. The van der Waals surface area contributed by atoms with Crippen molar-refractivity contribution in [2.45, 2.75) is 30.2 Å². The Morgan fingerprint density at radius 2 is 2.32 bits per heavy atom. The van der Waals surface area contributed by atoms with Crippen LogP contribution in [0.3, 0.4) is 0 Å². The minimum atomic E-state index is -3.69. The summed E-state index contributed by atoms with van der Waals surface area (Å²) in [5, 5.41) is 4.99. The minimum absolute atomic E-state index is 0.00428. The summed E-state index contributed by atoms with van der Waals surface area (Å²) in [5.41, 5.74) is 0. The Morgan fingerprint density at radius 1 is 1.53 bits per heavy atom. The quantitative estimate of drug-likeness (QED) is 0.856. The number of aromatic nitrogens is 1. The summed E-state index contributed by atoms with van der Waals surface area (Å²) in [6.45, 7) is 1.72. The van der Waals surface area contributed by atoms with Gasteiger partial charge in [-0.3, -0.25) is 0 Å². The fraction of sp³-hybridized carbons (Fsp3) is 0.583. The lowest BCUT2D eigenvalue weighted by Crippen LogP contribution is -2.26. The molecule has 0 radical (unpaired) electrons. The van der Waals surface area contributed by atoms with Crippen LogP contribution in [-0.2, 0) is 10.0 Å². The van der Waals surface area contributed by atoms with Crippen molar-refractivity contribution >= 4 is 10.0 Å². The fourth-order valence-electron chi connectivity index (χ4n) is 2.26. The molecule has 0 bridgehead atoms. The maximum atomic E-state index is 11.1. The van der Waals surface area contributed by atoms with Crippen LogP contribution in [0.1, 0.15) is 19.3 Å². The highest BCUT2D eigenvalue weighted by Gasteiger charge is 2.20. The number of nitrogens with two attached hydrogens (primary N) is 1. The molecular weight excluding hydrogens is 266 g/mol. The van der Waals surface area contributed by atoms with Crippen LogP contribution in [0.15, 0.2) is 23.2 Å². The van der Waals surface area contributed by atoms with Gasteiger partial charge in [0, 0.05) is 12.1 Å². The van der Waals surface area contributed by atoms with Crippen LogP contribution in [0.25, 0.3) is 0 Å². The number of primary sulfonamides is 1. The summed E-state index contributed by atoms with van der Waals surface area (Å²) in [7, 11) is -1.56. The van der Waals surface area contributed by atoms with Gasteiger partial charge in [-0.1, -0.05) is 0 Å². The van der Waals surface area contributed by atoms with E-state index in [9.17, 15) is 8.42 Å². The number of likely N-dealkylation sites (tertiary alicyclic amines) is 1. The summed E-state index contributed by atoms with van der Waals surface area (Å²) in [4.78, 5) is 6.26. The Labute approximate surface area is 113 Å². The van der Waals surface area contributed by atoms with Crippen molar-refractivity contribution in [1.82, 2.24) is 9.88 Å². The molecule has 0 spiro atoms. The van der Waals surface area contributed by atoms with E-state index in [0.29, 0.717) is 18.5 Å². The SMILES string of the molecule is CN1CCCC1CCOc1ccc(S(N)(=O)=O)cn1. The largest absolute Gasteiger partial charge is 0.478 e. The van der Waals surface area contributed by atoms with E-state index >= 15 is 0 Å². The molecular formula is C12H19N3O3S. The molecule has 1 aliphatic heterocycles. The molecule has 0 saturated carbocycles. The molecule has 2 N–H and O–H groups in total. The summed E-state index contributed by atoms with van der Waals surface area (Å²) in [6, 6.07) is 3.50. The van der Waals surface area contributed by atoms with Gasteiger partial charge in [0.2, 0.25) is 15.9 Å². The molecule has 1 aromatic heterocycles. The van der Waals surface area contributed by atoms with Gasteiger partial charge >= 0.3 is 0 Å². The highest BCUT2D eigenvalue weighted by atomic mass is 32.2. The molecule has 106 valence electrons. The zero-order chi connectivity index (χ0) is 13.9. The van der Waals surface area contributed by atoms with Gasteiger partial charge in [-0.15, -0.1) is 0 Å². The van der Waals surface area contributed by atoms with Crippen LogP contribution >= 0.6 is 0 Å². The lowest BCUT2D eigenvalue weighted by molar-refractivity contribution is 0.228. The summed E-state index contributed by atoms with van der Waals surface area (Å²) in [6.07, 6.45) is 4.61. The highest BCUT2D eigenvalue weighted by molar-refractivity contribution is 7.89. The van der Waals surface area contributed by atoms with Gasteiger partial charge in [0.15, 0.2) is 0 Å². The van der Waals surface area contributed by atoms with E-state index < -0.39 is 10.0 Å². The lowest BCUT2D eigenvalue weighted by atomic mass is 10.1. The molecule has 2 rings (SSSR count). The topological polar surface area (TPSA) is 85.5 Å². The van der Waals surface area contributed by atoms with Gasteiger partial charge < -0.3 is 9.64 Å². The molecule has 1 atom stereocenters. The van der Waals surface area contributed by atoms with E-state index in [4.69, 9.17) is 9.88 Å². The molecule has 1 aliphatic rings.